The van der Waals surface area contributed by atoms with Crippen molar-refractivity contribution in [2.24, 2.45) is 0 Å². The van der Waals surface area contributed by atoms with Gasteiger partial charge in [-0.15, -0.1) is 0 Å². The van der Waals surface area contributed by atoms with Crippen LogP contribution in [0.4, 0.5) is 4.39 Å². The van der Waals surface area contributed by atoms with E-state index in [0.29, 0.717) is 13.0 Å². The lowest BCUT2D eigenvalue weighted by Crippen LogP contribution is -2.43. The van der Waals surface area contributed by atoms with Crippen molar-refractivity contribution >= 4 is 5.97 Å². The summed E-state index contributed by atoms with van der Waals surface area (Å²) in [6.45, 7) is 0.598. The van der Waals surface area contributed by atoms with Crippen LogP contribution in [0.1, 0.15) is 23.5 Å². The first-order valence-electron chi connectivity index (χ1n) is 5.29. The van der Waals surface area contributed by atoms with Gasteiger partial charge in [0.1, 0.15) is 11.4 Å². The average Bonchev–Trinajstić information content (AvgIpc) is 3.04. The van der Waals surface area contributed by atoms with E-state index in [1.54, 1.807) is 6.07 Å². The summed E-state index contributed by atoms with van der Waals surface area (Å²) in [5, 5.41) is 3.20. The highest BCUT2D eigenvalue weighted by atomic mass is 19.1. The number of carbonyl (C=O) groups is 1. The van der Waals surface area contributed by atoms with E-state index in [1.807, 2.05) is 0 Å². The zero-order chi connectivity index (χ0) is 11.3. The Labute approximate surface area is 92.6 Å². The number of nitrogens with one attached hydrogen (secondary N) is 1. The average molecular weight is 221 g/mol. The molecule has 1 aromatic carbocycles. The number of ether oxygens (including phenoxy) is 1. The fraction of sp³-hybridized carbons (Fsp3) is 0.417. The molecule has 16 heavy (non-hydrogen) atoms. The molecule has 2 unspecified atom stereocenters. The highest BCUT2D eigenvalue weighted by Crippen LogP contribution is 2.55. The van der Waals surface area contributed by atoms with Gasteiger partial charge in [-0.1, -0.05) is 6.07 Å². The van der Waals surface area contributed by atoms with Crippen molar-refractivity contribution in [2.45, 2.75) is 24.4 Å². The number of rotatable bonds is 1. The van der Waals surface area contributed by atoms with Crippen molar-refractivity contribution in [1.82, 2.24) is 5.32 Å². The zero-order valence-corrected chi connectivity index (χ0v) is 8.92. The molecule has 0 bridgehead atoms. The first kappa shape index (κ1) is 9.78. The predicted molar refractivity (Wildman–Crippen MR) is 55.3 cm³/mol. The third-order valence-corrected chi connectivity index (χ3v) is 3.59. The molecule has 0 saturated heterocycles. The Hall–Kier alpha value is -1.42. The monoisotopic (exact) mass is 221 g/mol. The molecule has 1 aliphatic heterocycles. The molecule has 1 aromatic rings. The third-order valence-electron chi connectivity index (χ3n) is 3.59. The first-order valence-corrected chi connectivity index (χ1v) is 5.29. The number of fused-ring (bicyclic) bond motifs is 3. The van der Waals surface area contributed by atoms with E-state index in [9.17, 15) is 9.18 Å². The summed E-state index contributed by atoms with van der Waals surface area (Å²) in [5.41, 5.74) is 1.43. The lowest BCUT2D eigenvalue weighted by Gasteiger charge is -2.23. The van der Waals surface area contributed by atoms with Gasteiger partial charge >= 0.3 is 5.97 Å². The molecule has 1 heterocycles. The van der Waals surface area contributed by atoms with Crippen LogP contribution in [0.2, 0.25) is 0 Å². The van der Waals surface area contributed by atoms with Crippen LogP contribution in [-0.2, 0) is 16.1 Å². The van der Waals surface area contributed by atoms with E-state index in [2.05, 4.69) is 5.32 Å². The van der Waals surface area contributed by atoms with Gasteiger partial charge in [-0.3, -0.25) is 10.1 Å². The largest absolute Gasteiger partial charge is 0.468 e. The maximum atomic E-state index is 13.2. The number of carbonyl (C=O) groups excluding carboxylic acids is 1. The number of benzene rings is 1. The van der Waals surface area contributed by atoms with Crippen molar-refractivity contribution in [1.29, 1.82) is 0 Å². The molecule has 4 heteroatoms. The van der Waals surface area contributed by atoms with E-state index in [1.165, 1.54) is 19.2 Å². The topological polar surface area (TPSA) is 38.3 Å². The van der Waals surface area contributed by atoms with Crippen LogP contribution in [-0.4, -0.2) is 18.6 Å². The minimum absolute atomic E-state index is 0.0689. The number of halogens is 1. The van der Waals surface area contributed by atoms with Crippen LogP contribution in [0.5, 0.6) is 0 Å². The highest BCUT2D eigenvalue weighted by molar-refractivity contribution is 5.87. The van der Waals surface area contributed by atoms with Crippen molar-refractivity contribution in [3.63, 3.8) is 0 Å². The summed E-state index contributed by atoms with van der Waals surface area (Å²) in [4.78, 5) is 11.6. The molecule has 3 nitrogen and oxygen atoms in total. The lowest BCUT2D eigenvalue weighted by atomic mass is 9.96. The Balaban J connectivity index is 2.00. The van der Waals surface area contributed by atoms with Crippen LogP contribution in [0.15, 0.2) is 18.2 Å². The molecule has 1 aliphatic carbocycles. The Bertz CT molecular complexity index is 474. The fourth-order valence-corrected chi connectivity index (χ4v) is 2.62. The van der Waals surface area contributed by atoms with Crippen molar-refractivity contribution < 1.29 is 13.9 Å². The van der Waals surface area contributed by atoms with Crippen molar-refractivity contribution in [2.75, 3.05) is 7.11 Å². The van der Waals surface area contributed by atoms with E-state index < -0.39 is 5.54 Å². The molecule has 3 rings (SSSR count). The fourth-order valence-electron chi connectivity index (χ4n) is 2.62. The van der Waals surface area contributed by atoms with Gasteiger partial charge < -0.3 is 4.74 Å². The summed E-state index contributed by atoms with van der Waals surface area (Å²) >= 11 is 0. The molecule has 0 amide bonds. The first-order chi connectivity index (χ1) is 7.67. The maximum absolute atomic E-state index is 13.2. The normalized spacial score (nSPS) is 30.2. The van der Waals surface area contributed by atoms with Crippen LogP contribution in [0.25, 0.3) is 0 Å². The summed E-state index contributed by atoms with van der Waals surface area (Å²) < 4.78 is 17.9. The molecule has 84 valence electrons. The molecule has 2 aliphatic rings. The summed E-state index contributed by atoms with van der Waals surface area (Å²) in [7, 11) is 1.38. The van der Waals surface area contributed by atoms with E-state index >= 15 is 0 Å². The molecule has 1 N–H and O–H groups in total. The second-order valence-corrected chi connectivity index (χ2v) is 4.42. The van der Waals surface area contributed by atoms with Gasteiger partial charge in [0.25, 0.3) is 0 Å². The molecule has 2 atom stereocenters. The Morgan fingerprint density at radius 1 is 1.62 bits per heavy atom. The Morgan fingerprint density at radius 2 is 2.44 bits per heavy atom. The summed E-state index contributed by atoms with van der Waals surface area (Å²) in [6, 6.07) is 4.76. The van der Waals surface area contributed by atoms with E-state index in [0.717, 1.165) is 11.1 Å². The molecule has 0 radical (unpaired) electrons. The van der Waals surface area contributed by atoms with Crippen LogP contribution in [0, 0.1) is 5.82 Å². The summed E-state index contributed by atoms with van der Waals surface area (Å²) in [5.74, 6) is -0.418. The molecule has 1 fully saturated rings. The second-order valence-electron chi connectivity index (χ2n) is 4.42. The van der Waals surface area contributed by atoms with Gasteiger partial charge in [-0.05, 0) is 29.7 Å². The van der Waals surface area contributed by atoms with Crippen LogP contribution in [0.3, 0.4) is 0 Å². The zero-order valence-electron chi connectivity index (χ0n) is 8.92. The minimum Gasteiger partial charge on any atom is -0.468 e. The maximum Gasteiger partial charge on any atom is 0.326 e. The molecule has 0 aromatic heterocycles. The number of methoxy groups -OCH3 is 1. The van der Waals surface area contributed by atoms with Gasteiger partial charge in [0.05, 0.1) is 7.11 Å². The third kappa shape index (κ3) is 1.13. The van der Waals surface area contributed by atoms with Crippen LogP contribution >= 0.6 is 0 Å². The summed E-state index contributed by atoms with van der Waals surface area (Å²) in [6.07, 6.45) is 0.704. The van der Waals surface area contributed by atoms with Gasteiger partial charge in [0.15, 0.2) is 0 Å². The predicted octanol–water partition coefficient (Wildman–Crippen LogP) is 1.33. The quantitative estimate of drug-likeness (QED) is 0.727. The van der Waals surface area contributed by atoms with Crippen molar-refractivity contribution in [3.05, 3.63) is 35.1 Å². The molecule has 0 spiro atoms. The highest BCUT2D eigenvalue weighted by Gasteiger charge is 2.63. The van der Waals surface area contributed by atoms with Gasteiger partial charge in [-0.25, -0.2) is 4.39 Å². The van der Waals surface area contributed by atoms with Gasteiger partial charge in [-0.2, -0.15) is 0 Å². The molecule has 1 saturated carbocycles. The number of esters is 1. The van der Waals surface area contributed by atoms with E-state index in [-0.39, 0.29) is 17.7 Å². The smallest absolute Gasteiger partial charge is 0.326 e. The second kappa shape index (κ2) is 3.04. The van der Waals surface area contributed by atoms with Gasteiger partial charge in [0, 0.05) is 12.5 Å². The molecular formula is C12H12FNO2. The number of hydrogen-bond donors (Lipinski definition) is 1. The van der Waals surface area contributed by atoms with Crippen molar-refractivity contribution in [3.8, 4) is 0 Å². The SMILES string of the molecule is COC(=O)C12CC1c1cc(F)ccc1CN2. The standard InChI is InChI=1S/C12H12FNO2/c1-16-11(15)12-5-10(12)9-4-8(13)3-2-7(9)6-14-12/h2-4,10,14H,5-6H2,1H3. The Kier molecular flexibility index (Phi) is 1.86. The van der Waals surface area contributed by atoms with Crippen LogP contribution < -0.4 is 5.32 Å². The minimum atomic E-state index is -0.588. The molecular weight excluding hydrogens is 209 g/mol. The lowest BCUT2D eigenvalue weighted by molar-refractivity contribution is -0.144. The van der Waals surface area contributed by atoms with E-state index in [4.69, 9.17) is 4.74 Å². The Morgan fingerprint density at radius 3 is 3.19 bits per heavy atom. The van der Waals surface area contributed by atoms with Gasteiger partial charge in [0.2, 0.25) is 0 Å². The number of hydrogen-bond acceptors (Lipinski definition) is 3.